The normalized spacial score (nSPS) is 12.2. The quantitative estimate of drug-likeness (QED) is 0.836. The molecule has 1 atom stereocenters. The minimum Gasteiger partial charge on any atom is -0.385 e. The van der Waals surface area contributed by atoms with Crippen molar-refractivity contribution in [2.75, 3.05) is 19.0 Å². The molecule has 0 bridgehead atoms. The van der Waals surface area contributed by atoms with E-state index in [1.165, 1.54) is 6.33 Å². The molecular weight excluding hydrogens is 305 g/mol. The summed E-state index contributed by atoms with van der Waals surface area (Å²) in [4.78, 5) is 7.96. The van der Waals surface area contributed by atoms with Gasteiger partial charge >= 0.3 is 0 Å². The van der Waals surface area contributed by atoms with Crippen LogP contribution in [0.5, 0.6) is 0 Å². The summed E-state index contributed by atoms with van der Waals surface area (Å²) in [6.07, 6.45) is 2.58. The molecule has 0 saturated heterocycles. The van der Waals surface area contributed by atoms with Gasteiger partial charge in [-0.05, 0) is 30.5 Å². The second kappa shape index (κ2) is 8.06. The predicted octanol–water partition coefficient (Wildman–Crippen LogP) is 4.02. The van der Waals surface area contributed by atoms with Gasteiger partial charge in [0.05, 0.1) is 11.7 Å². The first-order valence-electron chi connectivity index (χ1n) is 7.16. The van der Waals surface area contributed by atoms with E-state index < -0.39 is 5.82 Å². The second-order valence-corrected chi connectivity index (χ2v) is 5.30. The fourth-order valence-corrected chi connectivity index (χ4v) is 2.30. The van der Waals surface area contributed by atoms with Gasteiger partial charge in [0.1, 0.15) is 6.33 Å². The molecule has 118 valence electrons. The van der Waals surface area contributed by atoms with Crippen LogP contribution in [-0.2, 0) is 11.2 Å². The number of anilines is 1. The van der Waals surface area contributed by atoms with Crippen molar-refractivity contribution in [2.24, 2.45) is 0 Å². The van der Waals surface area contributed by atoms with Gasteiger partial charge < -0.3 is 10.1 Å². The molecule has 1 aromatic carbocycles. The number of aromatic nitrogens is 2. The lowest BCUT2D eigenvalue weighted by atomic mass is 10.0. The first kappa shape index (κ1) is 16.6. The lowest BCUT2D eigenvalue weighted by Gasteiger charge is -2.20. The number of hydrogen-bond acceptors (Lipinski definition) is 4. The molecule has 0 aliphatic carbocycles. The van der Waals surface area contributed by atoms with Crippen molar-refractivity contribution in [1.29, 1.82) is 0 Å². The van der Waals surface area contributed by atoms with Gasteiger partial charge in [-0.1, -0.05) is 30.7 Å². The van der Waals surface area contributed by atoms with Crippen LogP contribution in [0.3, 0.4) is 0 Å². The van der Waals surface area contributed by atoms with Crippen LogP contribution >= 0.6 is 11.6 Å². The number of nitrogens with one attached hydrogen (secondary N) is 1. The van der Waals surface area contributed by atoms with Crippen molar-refractivity contribution < 1.29 is 9.13 Å². The number of methoxy groups -OCH3 is 1. The van der Waals surface area contributed by atoms with Crippen LogP contribution in [0.1, 0.15) is 30.6 Å². The second-order valence-electron chi connectivity index (χ2n) is 4.87. The summed E-state index contributed by atoms with van der Waals surface area (Å²) in [5.41, 5.74) is 1.40. The van der Waals surface area contributed by atoms with E-state index >= 15 is 0 Å². The number of hydrogen-bond donors (Lipinski definition) is 1. The summed E-state index contributed by atoms with van der Waals surface area (Å²) < 4.78 is 19.4. The zero-order valence-electron chi connectivity index (χ0n) is 12.6. The van der Waals surface area contributed by atoms with Gasteiger partial charge in [0, 0.05) is 18.7 Å². The van der Waals surface area contributed by atoms with Gasteiger partial charge in [-0.25, -0.2) is 14.4 Å². The number of ether oxygens (including phenoxy) is 1. The first-order chi connectivity index (χ1) is 10.7. The zero-order valence-corrected chi connectivity index (χ0v) is 13.4. The molecule has 1 heterocycles. The van der Waals surface area contributed by atoms with Crippen LogP contribution in [0.15, 0.2) is 30.6 Å². The Hall–Kier alpha value is -1.72. The maximum atomic E-state index is 14.3. The van der Waals surface area contributed by atoms with E-state index in [4.69, 9.17) is 16.3 Å². The highest BCUT2D eigenvalue weighted by Crippen LogP contribution is 2.25. The lowest BCUT2D eigenvalue weighted by Crippen LogP contribution is -2.16. The van der Waals surface area contributed by atoms with Crippen molar-refractivity contribution in [3.8, 4) is 0 Å². The van der Waals surface area contributed by atoms with Crippen molar-refractivity contribution in [2.45, 2.75) is 25.8 Å². The Bertz CT molecular complexity index is 607. The minimum atomic E-state index is -0.401. The summed E-state index contributed by atoms with van der Waals surface area (Å²) in [6.45, 7) is 2.41. The predicted molar refractivity (Wildman–Crippen MR) is 85.7 cm³/mol. The van der Waals surface area contributed by atoms with Gasteiger partial charge in [0.25, 0.3) is 0 Å². The Balaban J connectivity index is 2.25. The Morgan fingerprint density at radius 2 is 2.00 bits per heavy atom. The molecule has 0 amide bonds. The molecular formula is C16H19ClFN3O. The molecule has 4 nitrogen and oxygen atoms in total. The maximum absolute atomic E-state index is 14.3. The van der Waals surface area contributed by atoms with Crippen molar-refractivity contribution >= 4 is 17.4 Å². The number of benzene rings is 1. The molecule has 2 rings (SSSR count). The highest BCUT2D eigenvalue weighted by molar-refractivity contribution is 6.30. The third-order valence-electron chi connectivity index (χ3n) is 3.39. The highest BCUT2D eigenvalue weighted by Gasteiger charge is 2.16. The van der Waals surface area contributed by atoms with Crippen molar-refractivity contribution in [1.82, 2.24) is 9.97 Å². The van der Waals surface area contributed by atoms with Gasteiger partial charge in [-0.2, -0.15) is 0 Å². The van der Waals surface area contributed by atoms with E-state index in [9.17, 15) is 4.39 Å². The van der Waals surface area contributed by atoms with E-state index in [-0.39, 0.29) is 11.9 Å². The minimum absolute atomic E-state index is 0.119. The third kappa shape index (κ3) is 4.15. The van der Waals surface area contributed by atoms with Crippen molar-refractivity contribution in [3.63, 3.8) is 0 Å². The average Bonchev–Trinajstić information content (AvgIpc) is 2.54. The highest BCUT2D eigenvalue weighted by atomic mass is 35.5. The Kier molecular flexibility index (Phi) is 6.10. The van der Waals surface area contributed by atoms with Crippen LogP contribution in [0.25, 0.3) is 0 Å². The van der Waals surface area contributed by atoms with Gasteiger partial charge in [-0.15, -0.1) is 0 Å². The monoisotopic (exact) mass is 323 g/mol. The molecule has 0 aliphatic heterocycles. The summed E-state index contributed by atoms with van der Waals surface area (Å²) in [7, 11) is 1.64. The molecule has 0 saturated carbocycles. The van der Waals surface area contributed by atoms with Crippen LogP contribution in [0, 0.1) is 5.82 Å². The fraction of sp³-hybridized carbons (Fsp3) is 0.375. The Labute approximate surface area is 134 Å². The van der Waals surface area contributed by atoms with Crippen LogP contribution in [0.4, 0.5) is 10.2 Å². The van der Waals surface area contributed by atoms with Gasteiger partial charge in [0.2, 0.25) is 0 Å². The molecule has 0 aliphatic rings. The third-order valence-corrected chi connectivity index (χ3v) is 3.64. The maximum Gasteiger partial charge on any atom is 0.186 e. The lowest BCUT2D eigenvalue weighted by molar-refractivity contribution is 0.190. The first-order valence-corrected chi connectivity index (χ1v) is 7.53. The molecule has 0 spiro atoms. The largest absolute Gasteiger partial charge is 0.385 e. The SMILES string of the molecule is CCc1ncnc(NC(CCOC)c2ccc(Cl)cc2)c1F. The number of nitrogens with zero attached hydrogens (tertiary/aromatic N) is 2. The topological polar surface area (TPSA) is 47.0 Å². The average molecular weight is 324 g/mol. The standard InChI is InChI=1S/C16H19ClFN3O/c1-3-13-15(18)16(20-10-19-13)21-14(8-9-22-2)11-4-6-12(17)7-5-11/h4-7,10,14H,3,8-9H2,1-2H3,(H,19,20,21). The Morgan fingerprint density at radius 1 is 1.27 bits per heavy atom. The number of rotatable bonds is 7. The van der Waals surface area contributed by atoms with Gasteiger partial charge in [-0.3, -0.25) is 0 Å². The van der Waals surface area contributed by atoms with Crippen molar-refractivity contribution in [3.05, 3.63) is 52.7 Å². The fourth-order valence-electron chi connectivity index (χ4n) is 2.17. The molecule has 0 radical (unpaired) electrons. The molecule has 6 heteroatoms. The summed E-state index contributed by atoms with van der Waals surface area (Å²) in [5.74, 6) is -0.190. The van der Waals surface area contributed by atoms with E-state index in [1.54, 1.807) is 7.11 Å². The van der Waals surface area contributed by atoms with E-state index in [1.807, 2.05) is 31.2 Å². The number of halogens is 2. The molecule has 1 aromatic heterocycles. The van der Waals surface area contributed by atoms with E-state index in [0.29, 0.717) is 30.2 Å². The smallest absolute Gasteiger partial charge is 0.186 e. The summed E-state index contributed by atoms with van der Waals surface area (Å²) >= 11 is 5.92. The molecule has 0 fully saturated rings. The van der Waals surface area contributed by atoms with Gasteiger partial charge in [0.15, 0.2) is 11.6 Å². The van der Waals surface area contributed by atoms with E-state index in [2.05, 4.69) is 15.3 Å². The van der Waals surface area contributed by atoms with Crippen LogP contribution in [-0.4, -0.2) is 23.7 Å². The summed E-state index contributed by atoms with van der Waals surface area (Å²) in [5, 5.41) is 3.81. The molecule has 22 heavy (non-hydrogen) atoms. The summed E-state index contributed by atoms with van der Waals surface area (Å²) in [6, 6.07) is 7.33. The molecule has 1 unspecified atom stereocenters. The number of aryl methyl sites for hydroxylation is 1. The van der Waals surface area contributed by atoms with Crippen LogP contribution < -0.4 is 5.32 Å². The van der Waals surface area contributed by atoms with Crippen LogP contribution in [0.2, 0.25) is 5.02 Å². The molecule has 2 aromatic rings. The zero-order chi connectivity index (χ0) is 15.9. The Morgan fingerprint density at radius 3 is 2.64 bits per heavy atom. The van der Waals surface area contributed by atoms with E-state index in [0.717, 1.165) is 5.56 Å². The molecule has 1 N–H and O–H groups in total.